The van der Waals surface area contributed by atoms with Crippen molar-refractivity contribution in [3.8, 4) is 11.1 Å². The van der Waals surface area contributed by atoms with Gasteiger partial charge in [0.1, 0.15) is 0 Å². The molecule has 2 heteroatoms. The van der Waals surface area contributed by atoms with Gasteiger partial charge in [0.05, 0.1) is 0 Å². The molecule has 0 fully saturated rings. The van der Waals surface area contributed by atoms with E-state index >= 15 is 0 Å². The molecule has 0 N–H and O–H groups in total. The number of benzene rings is 2. The minimum atomic E-state index is 0.798. The predicted molar refractivity (Wildman–Crippen MR) is 63.7 cm³/mol. The molecule has 70 valence electrons. The van der Waals surface area contributed by atoms with Crippen molar-refractivity contribution in [1.29, 1.82) is 0 Å². The second kappa shape index (κ2) is 4.18. The van der Waals surface area contributed by atoms with Crippen molar-refractivity contribution in [3.63, 3.8) is 0 Å². The van der Waals surface area contributed by atoms with Crippen LogP contribution in [0.4, 0.5) is 0 Å². The van der Waals surface area contributed by atoms with Crippen molar-refractivity contribution in [3.05, 3.63) is 53.6 Å². The zero-order valence-electron chi connectivity index (χ0n) is 7.44. The summed E-state index contributed by atoms with van der Waals surface area (Å²) in [4.78, 5) is 0. The number of hydrogen-bond donors (Lipinski definition) is 0. The molecule has 0 saturated carbocycles. The van der Waals surface area contributed by atoms with Crippen LogP contribution >= 0.6 is 11.6 Å². The first-order valence-corrected chi connectivity index (χ1v) is 5.63. The average Bonchev–Trinajstić information content (AvgIpc) is 2.23. The Bertz CT molecular complexity index is 437. The molecule has 0 unspecified atom stereocenters. The van der Waals surface area contributed by atoms with E-state index in [9.17, 15) is 0 Å². The Morgan fingerprint density at radius 3 is 2.21 bits per heavy atom. The van der Waals surface area contributed by atoms with Crippen LogP contribution in [0.5, 0.6) is 0 Å². The molecule has 0 aliphatic heterocycles. The van der Waals surface area contributed by atoms with Gasteiger partial charge in [-0.3, -0.25) is 0 Å². The van der Waals surface area contributed by atoms with Crippen molar-refractivity contribution in [1.82, 2.24) is 0 Å². The van der Waals surface area contributed by atoms with E-state index in [0.717, 1.165) is 15.0 Å². The maximum absolute atomic E-state index is 6.05. The summed E-state index contributed by atoms with van der Waals surface area (Å²) in [6.45, 7) is 0. The summed E-state index contributed by atoms with van der Waals surface area (Å²) in [5, 5.41) is 0.798. The van der Waals surface area contributed by atoms with Crippen molar-refractivity contribution < 1.29 is 0 Å². The molecule has 0 amide bonds. The molecule has 2 aromatic rings. The summed E-state index contributed by atoms with van der Waals surface area (Å²) < 4.78 is 1.05. The minimum absolute atomic E-state index is 0.798. The van der Waals surface area contributed by atoms with E-state index in [4.69, 9.17) is 11.6 Å². The molecule has 0 spiro atoms. The molecule has 0 radical (unpaired) electrons. The van der Waals surface area contributed by atoms with E-state index in [1.54, 1.807) is 0 Å². The zero-order chi connectivity index (χ0) is 9.97. The van der Waals surface area contributed by atoms with E-state index in [-0.39, 0.29) is 0 Å². The van der Waals surface area contributed by atoms with Gasteiger partial charge in [-0.25, -0.2) is 0 Å². The van der Waals surface area contributed by atoms with Gasteiger partial charge in [0.15, 0.2) is 0 Å². The van der Waals surface area contributed by atoms with Crippen LogP contribution in [-0.4, -0.2) is 16.0 Å². The first kappa shape index (κ1) is 9.79. The van der Waals surface area contributed by atoms with Crippen molar-refractivity contribution in [2.75, 3.05) is 0 Å². The fourth-order valence-corrected chi connectivity index (χ4v) is 1.79. The van der Waals surface area contributed by atoms with Crippen molar-refractivity contribution in [2.24, 2.45) is 0 Å². The first-order chi connectivity index (χ1) is 6.77. The SMILES string of the molecule is Clc1cc(-c2ccccc2)ccc1[SeH]. The predicted octanol–water partition coefficient (Wildman–Crippen LogP) is 2.53. The van der Waals surface area contributed by atoms with Gasteiger partial charge in [0.2, 0.25) is 0 Å². The van der Waals surface area contributed by atoms with Gasteiger partial charge in [-0.15, -0.1) is 0 Å². The Balaban J connectivity index is 2.48. The Morgan fingerprint density at radius 2 is 1.57 bits per heavy atom. The van der Waals surface area contributed by atoms with Gasteiger partial charge in [-0.2, -0.15) is 0 Å². The summed E-state index contributed by atoms with van der Waals surface area (Å²) in [6, 6.07) is 16.3. The number of hydrogen-bond acceptors (Lipinski definition) is 0. The van der Waals surface area contributed by atoms with Crippen molar-refractivity contribution >= 4 is 32.1 Å². The third-order valence-corrected chi connectivity index (χ3v) is 3.47. The molecule has 0 aliphatic rings. The summed E-state index contributed by atoms with van der Waals surface area (Å²) in [7, 11) is 0. The third-order valence-electron chi connectivity index (χ3n) is 2.05. The summed E-state index contributed by atoms with van der Waals surface area (Å²) in [5.41, 5.74) is 2.35. The third kappa shape index (κ3) is 2.01. The Kier molecular flexibility index (Phi) is 2.93. The zero-order valence-corrected chi connectivity index (χ0v) is 10.1. The van der Waals surface area contributed by atoms with Crippen LogP contribution in [-0.2, 0) is 0 Å². The summed E-state index contributed by atoms with van der Waals surface area (Å²) in [6.07, 6.45) is 0. The van der Waals surface area contributed by atoms with Gasteiger partial charge >= 0.3 is 96.8 Å². The summed E-state index contributed by atoms with van der Waals surface area (Å²) >= 11 is 8.51. The second-order valence-corrected chi connectivity index (χ2v) is 4.45. The van der Waals surface area contributed by atoms with Crippen LogP contribution in [0.25, 0.3) is 11.1 Å². The van der Waals surface area contributed by atoms with Crippen LogP contribution in [0.3, 0.4) is 0 Å². The molecular formula is C12H9ClSe. The first-order valence-electron chi connectivity index (χ1n) is 4.31. The Hall–Kier alpha value is -0.751. The molecule has 0 aromatic heterocycles. The molecule has 0 heterocycles. The van der Waals surface area contributed by atoms with E-state index in [1.807, 2.05) is 30.3 Å². The van der Waals surface area contributed by atoms with Crippen LogP contribution in [0.1, 0.15) is 0 Å². The molecular weight excluding hydrogens is 259 g/mol. The maximum atomic E-state index is 6.05. The van der Waals surface area contributed by atoms with Gasteiger partial charge in [0, 0.05) is 0 Å². The van der Waals surface area contributed by atoms with Crippen LogP contribution in [0, 0.1) is 0 Å². The quantitative estimate of drug-likeness (QED) is 0.697. The van der Waals surface area contributed by atoms with Gasteiger partial charge in [0.25, 0.3) is 0 Å². The van der Waals surface area contributed by atoms with Crippen LogP contribution in [0.2, 0.25) is 5.02 Å². The topological polar surface area (TPSA) is 0 Å². The molecule has 14 heavy (non-hydrogen) atoms. The van der Waals surface area contributed by atoms with Gasteiger partial charge < -0.3 is 0 Å². The van der Waals surface area contributed by atoms with Crippen LogP contribution < -0.4 is 4.46 Å². The molecule has 0 nitrogen and oxygen atoms in total. The van der Waals surface area contributed by atoms with Crippen molar-refractivity contribution in [2.45, 2.75) is 0 Å². The van der Waals surface area contributed by atoms with Gasteiger partial charge in [-0.1, -0.05) is 0 Å². The fourth-order valence-electron chi connectivity index (χ4n) is 1.32. The standard InChI is InChI=1S/C12H9ClSe/c13-11-8-10(6-7-12(11)14)9-4-2-1-3-5-9/h1-8,14H. The molecule has 2 rings (SSSR count). The molecule has 0 saturated heterocycles. The fraction of sp³-hybridized carbons (Fsp3) is 0. The molecule has 2 aromatic carbocycles. The monoisotopic (exact) mass is 268 g/mol. The normalized spacial score (nSPS) is 10.1. The second-order valence-electron chi connectivity index (χ2n) is 3.03. The van der Waals surface area contributed by atoms with Crippen LogP contribution in [0.15, 0.2) is 48.5 Å². The molecule has 0 bridgehead atoms. The average molecular weight is 268 g/mol. The Labute approximate surface area is 96.7 Å². The molecule has 0 aliphatic carbocycles. The summed E-state index contributed by atoms with van der Waals surface area (Å²) in [5.74, 6) is 0. The van der Waals surface area contributed by atoms with E-state index in [2.05, 4.69) is 34.2 Å². The molecule has 0 atom stereocenters. The van der Waals surface area contributed by atoms with E-state index in [1.165, 1.54) is 5.56 Å². The number of rotatable bonds is 1. The Morgan fingerprint density at radius 1 is 0.857 bits per heavy atom. The number of halogens is 1. The van der Waals surface area contributed by atoms with Gasteiger partial charge in [-0.05, 0) is 0 Å². The van der Waals surface area contributed by atoms with E-state index in [0.29, 0.717) is 0 Å². The van der Waals surface area contributed by atoms with E-state index < -0.39 is 0 Å².